The number of para-hydroxylation sites is 2. The van der Waals surface area contributed by atoms with Crippen molar-refractivity contribution >= 4 is 29.9 Å². The molecule has 0 radical (unpaired) electrons. The lowest BCUT2D eigenvalue weighted by molar-refractivity contribution is 0.0936. The Balaban J connectivity index is 0.00000225. The quantitative estimate of drug-likeness (QED) is 0.400. The second kappa shape index (κ2) is 9.44. The second-order valence-corrected chi connectivity index (χ2v) is 5.43. The first-order valence-corrected chi connectivity index (χ1v) is 7.99. The molecule has 1 aromatic heterocycles. The number of halogens is 1. The molecule has 0 saturated carbocycles. The first-order valence-electron chi connectivity index (χ1n) is 7.99. The molecule has 136 valence electrons. The van der Waals surface area contributed by atoms with Gasteiger partial charge in [0.2, 0.25) is 0 Å². The highest BCUT2D eigenvalue weighted by Gasteiger charge is 2.20. The van der Waals surface area contributed by atoms with E-state index in [2.05, 4.69) is 25.8 Å². The van der Waals surface area contributed by atoms with E-state index in [1.165, 1.54) is 0 Å². The summed E-state index contributed by atoms with van der Waals surface area (Å²) in [5.74, 6) is 3.08. The minimum absolute atomic E-state index is 0. The molecule has 1 aromatic carbocycles. The molecule has 0 spiro atoms. The highest BCUT2D eigenvalue weighted by Crippen LogP contribution is 2.30. The van der Waals surface area contributed by atoms with E-state index in [4.69, 9.17) is 9.47 Å². The van der Waals surface area contributed by atoms with Gasteiger partial charge in [0, 0.05) is 13.6 Å². The summed E-state index contributed by atoms with van der Waals surface area (Å²) in [6.07, 6.45) is 1.59. The van der Waals surface area contributed by atoms with E-state index >= 15 is 0 Å². The lowest BCUT2D eigenvalue weighted by atomic mass is 10.2. The number of guanidine groups is 1. The number of ether oxygens (including phenoxy) is 2. The molecule has 8 nitrogen and oxygen atoms in total. The van der Waals surface area contributed by atoms with Crippen LogP contribution in [0.25, 0.3) is 0 Å². The number of benzene rings is 1. The molecule has 2 N–H and O–H groups in total. The number of hydrogen-bond donors (Lipinski definition) is 2. The molecular formula is C16H23IN6O2. The second-order valence-electron chi connectivity index (χ2n) is 5.43. The first-order chi connectivity index (χ1) is 11.8. The molecule has 0 bridgehead atoms. The van der Waals surface area contributed by atoms with Gasteiger partial charge in [-0.1, -0.05) is 12.1 Å². The number of nitrogens with zero attached hydrogens (tertiary/aromatic N) is 4. The molecular weight excluding hydrogens is 435 g/mol. The Morgan fingerprint density at radius 3 is 2.84 bits per heavy atom. The number of nitrogens with one attached hydrogen (secondary N) is 2. The van der Waals surface area contributed by atoms with Gasteiger partial charge in [0.1, 0.15) is 25.6 Å². The third-order valence-corrected chi connectivity index (χ3v) is 3.59. The molecule has 25 heavy (non-hydrogen) atoms. The Hall–Kier alpha value is -2.04. The zero-order valence-corrected chi connectivity index (χ0v) is 16.6. The fourth-order valence-corrected chi connectivity index (χ4v) is 2.32. The SMILES string of the molecule is CCNC(=NCc1nncn1C)NCC1COc2ccccc2O1.I. The van der Waals surface area contributed by atoms with Crippen LogP contribution < -0.4 is 20.1 Å². The van der Waals surface area contributed by atoms with Gasteiger partial charge in [-0.25, -0.2) is 4.99 Å². The molecule has 9 heteroatoms. The minimum atomic E-state index is -0.0708. The monoisotopic (exact) mass is 458 g/mol. The first kappa shape index (κ1) is 19.3. The van der Waals surface area contributed by atoms with Gasteiger partial charge in [-0.3, -0.25) is 0 Å². The van der Waals surface area contributed by atoms with Crippen molar-refractivity contribution in [1.82, 2.24) is 25.4 Å². The molecule has 0 aliphatic carbocycles. The third-order valence-electron chi connectivity index (χ3n) is 3.59. The van der Waals surface area contributed by atoms with Gasteiger partial charge in [-0.2, -0.15) is 0 Å². The van der Waals surface area contributed by atoms with Crippen LogP contribution in [0.15, 0.2) is 35.6 Å². The molecule has 2 aromatic rings. The lowest BCUT2D eigenvalue weighted by Crippen LogP contribution is -2.45. The fourth-order valence-electron chi connectivity index (χ4n) is 2.32. The van der Waals surface area contributed by atoms with Crippen LogP contribution >= 0.6 is 24.0 Å². The van der Waals surface area contributed by atoms with Crippen molar-refractivity contribution in [3.63, 3.8) is 0 Å². The molecule has 1 aliphatic heterocycles. The zero-order valence-electron chi connectivity index (χ0n) is 14.3. The standard InChI is InChI=1S/C16H22N6O2.HI/c1-3-17-16(19-9-15-21-20-11-22(15)2)18-8-12-10-23-13-6-4-5-7-14(13)24-12;/h4-7,11-12H,3,8-10H2,1-2H3,(H2,17,18,19);1H. The molecule has 1 aliphatic rings. The van der Waals surface area contributed by atoms with Crippen molar-refractivity contribution in [2.75, 3.05) is 19.7 Å². The average Bonchev–Trinajstić information content (AvgIpc) is 3.02. The van der Waals surface area contributed by atoms with Crippen molar-refractivity contribution in [3.05, 3.63) is 36.4 Å². The smallest absolute Gasteiger partial charge is 0.191 e. The Morgan fingerprint density at radius 2 is 2.12 bits per heavy atom. The maximum absolute atomic E-state index is 5.93. The van der Waals surface area contributed by atoms with Gasteiger partial charge in [-0.15, -0.1) is 34.2 Å². The molecule has 2 heterocycles. The van der Waals surface area contributed by atoms with Crippen LogP contribution in [0.4, 0.5) is 0 Å². The summed E-state index contributed by atoms with van der Waals surface area (Å²) in [6, 6.07) is 7.69. The van der Waals surface area contributed by atoms with E-state index in [-0.39, 0.29) is 30.1 Å². The van der Waals surface area contributed by atoms with Gasteiger partial charge in [0.05, 0.1) is 6.54 Å². The molecule has 0 amide bonds. The summed E-state index contributed by atoms with van der Waals surface area (Å²) in [4.78, 5) is 4.52. The van der Waals surface area contributed by atoms with Gasteiger partial charge in [-0.05, 0) is 19.1 Å². The summed E-state index contributed by atoms with van der Waals surface area (Å²) >= 11 is 0. The summed E-state index contributed by atoms with van der Waals surface area (Å²) in [7, 11) is 1.90. The van der Waals surface area contributed by atoms with Crippen molar-refractivity contribution < 1.29 is 9.47 Å². The number of fused-ring (bicyclic) bond motifs is 1. The normalized spacial score (nSPS) is 16.1. The van der Waals surface area contributed by atoms with Gasteiger partial charge < -0.3 is 24.7 Å². The van der Waals surface area contributed by atoms with Gasteiger partial charge >= 0.3 is 0 Å². The average molecular weight is 458 g/mol. The maximum Gasteiger partial charge on any atom is 0.191 e. The zero-order chi connectivity index (χ0) is 16.8. The van der Waals surface area contributed by atoms with Crippen molar-refractivity contribution in [1.29, 1.82) is 0 Å². The maximum atomic E-state index is 5.93. The van der Waals surface area contributed by atoms with E-state index in [0.29, 0.717) is 25.7 Å². The number of rotatable bonds is 5. The van der Waals surface area contributed by atoms with Gasteiger partial charge in [0.25, 0.3) is 0 Å². The van der Waals surface area contributed by atoms with E-state index in [0.717, 1.165) is 23.9 Å². The third kappa shape index (κ3) is 5.21. The van der Waals surface area contributed by atoms with Crippen LogP contribution in [0.5, 0.6) is 11.5 Å². The predicted molar refractivity (Wildman–Crippen MR) is 106 cm³/mol. The highest BCUT2D eigenvalue weighted by molar-refractivity contribution is 14.0. The molecule has 0 saturated heterocycles. The molecule has 1 atom stereocenters. The summed E-state index contributed by atoms with van der Waals surface area (Å²) in [6.45, 7) is 4.36. The molecule has 1 unspecified atom stereocenters. The number of aliphatic imine (C=N–C) groups is 1. The molecule has 3 rings (SSSR count). The Labute approximate surface area is 164 Å². The lowest BCUT2D eigenvalue weighted by Gasteiger charge is -2.27. The van der Waals surface area contributed by atoms with E-state index in [1.807, 2.05) is 42.8 Å². The van der Waals surface area contributed by atoms with E-state index in [9.17, 15) is 0 Å². The number of aromatic nitrogens is 3. The van der Waals surface area contributed by atoms with E-state index in [1.54, 1.807) is 6.33 Å². The Kier molecular flexibility index (Phi) is 7.29. The van der Waals surface area contributed by atoms with Crippen LogP contribution in [0, 0.1) is 0 Å². The van der Waals surface area contributed by atoms with Crippen molar-refractivity contribution in [2.24, 2.45) is 12.0 Å². The Morgan fingerprint density at radius 1 is 1.32 bits per heavy atom. The van der Waals surface area contributed by atoms with Crippen molar-refractivity contribution in [2.45, 2.75) is 19.6 Å². The number of hydrogen-bond acceptors (Lipinski definition) is 5. The van der Waals surface area contributed by atoms with Crippen LogP contribution in [-0.2, 0) is 13.6 Å². The summed E-state index contributed by atoms with van der Waals surface area (Å²) in [5.41, 5.74) is 0. The summed E-state index contributed by atoms with van der Waals surface area (Å²) < 4.78 is 13.5. The van der Waals surface area contributed by atoms with Crippen LogP contribution in [-0.4, -0.2) is 46.5 Å². The minimum Gasteiger partial charge on any atom is -0.486 e. The summed E-state index contributed by atoms with van der Waals surface area (Å²) in [5, 5.41) is 14.4. The van der Waals surface area contributed by atoms with E-state index < -0.39 is 0 Å². The van der Waals surface area contributed by atoms with Crippen LogP contribution in [0.2, 0.25) is 0 Å². The van der Waals surface area contributed by atoms with Crippen molar-refractivity contribution in [3.8, 4) is 11.5 Å². The molecule has 0 fully saturated rings. The van der Waals surface area contributed by atoms with Gasteiger partial charge in [0.15, 0.2) is 23.3 Å². The van der Waals surface area contributed by atoms with Crippen LogP contribution in [0.1, 0.15) is 12.7 Å². The highest BCUT2D eigenvalue weighted by atomic mass is 127. The topological polar surface area (TPSA) is 85.6 Å². The van der Waals surface area contributed by atoms with Crippen LogP contribution in [0.3, 0.4) is 0 Å². The number of aryl methyl sites for hydroxylation is 1. The predicted octanol–water partition coefficient (Wildman–Crippen LogP) is 1.33. The Bertz CT molecular complexity index is 705. The largest absolute Gasteiger partial charge is 0.486 e. The fraction of sp³-hybridized carbons (Fsp3) is 0.438.